The normalized spacial score (nSPS) is 10.6. The zero-order valence-corrected chi connectivity index (χ0v) is 11.6. The first-order chi connectivity index (χ1) is 10.6. The van der Waals surface area contributed by atoms with E-state index < -0.39 is 5.43 Å². The number of benzene rings is 2. The summed E-state index contributed by atoms with van der Waals surface area (Å²) in [6, 6.07) is 8.96. The van der Waals surface area contributed by atoms with Crippen molar-refractivity contribution in [3.05, 3.63) is 52.9 Å². The molecule has 0 aliphatic heterocycles. The number of ether oxygens (including phenoxy) is 2. The Labute approximate surface area is 124 Å². The summed E-state index contributed by atoms with van der Waals surface area (Å²) in [5.74, 6) is 0.441. The number of methoxy groups -OCH3 is 1. The van der Waals surface area contributed by atoms with Crippen molar-refractivity contribution in [1.29, 1.82) is 0 Å². The summed E-state index contributed by atoms with van der Waals surface area (Å²) >= 11 is 0. The van der Waals surface area contributed by atoms with Gasteiger partial charge in [0.25, 0.3) is 0 Å². The number of hydrogen-bond donors (Lipinski definition) is 2. The minimum absolute atomic E-state index is 0.0520. The van der Waals surface area contributed by atoms with Gasteiger partial charge in [-0.15, -0.1) is 0 Å². The van der Waals surface area contributed by atoms with E-state index in [1.807, 2.05) is 0 Å². The van der Waals surface area contributed by atoms with Gasteiger partial charge in [0.15, 0.2) is 0 Å². The Morgan fingerprint density at radius 3 is 2.41 bits per heavy atom. The van der Waals surface area contributed by atoms with Crippen molar-refractivity contribution in [2.45, 2.75) is 0 Å². The van der Waals surface area contributed by atoms with Crippen LogP contribution in [0.3, 0.4) is 0 Å². The van der Waals surface area contributed by atoms with Gasteiger partial charge in [-0.1, -0.05) is 0 Å². The molecule has 0 saturated carbocycles. The lowest BCUT2D eigenvalue weighted by molar-refractivity contribution is 0.411. The fourth-order valence-electron chi connectivity index (χ4n) is 2.04. The molecule has 0 aliphatic rings. The molecular weight excluding hydrogens is 288 g/mol. The number of phenols is 2. The fourth-order valence-corrected chi connectivity index (χ4v) is 2.04. The van der Waals surface area contributed by atoms with Crippen LogP contribution in [-0.4, -0.2) is 17.3 Å². The molecule has 22 heavy (non-hydrogen) atoms. The third-order valence-corrected chi connectivity index (χ3v) is 3.10. The van der Waals surface area contributed by atoms with E-state index >= 15 is 0 Å². The van der Waals surface area contributed by atoms with Gasteiger partial charge in [-0.25, -0.2) is 0 Å². The number of hydrogen-bond acceptors (Lipinski definition) is 6. The Balaban J connectivity index is 2.04. The van der Waals surface area contributed by atoms with E-state index in [0.717, 1.165) is 12.3 Å². The van der Waals surface area contributed by atoms with Gasteiger partial charge in [-0.05, 0) is 24.3 Å². The summed E-state index contributed by atoms with van der Waals surface area (Å²) in [6.07, 6.45) is 1.13. The molecule has 0 saturated heterocycles. The average molecular weight is 300 g/mol. The molecule has 6 nitrogen and oxygen atoms in total. The van der Waals surface area contributed by atoms with Gasteiger partial charge in [0.1, 0.15) is 40.2 Å². The molecule has 1 heterocycles. The van der Waals surface area contributed by atoms with Gasteiger partial charge in [0.05, 0.1) is 7.11 Å². The van der Waals surface area contributed by atoms with Gasteiger partial charge < -0.3 is 24.1 Å². The van der Waals surface area contributed by atoms with E-state index in [1.54, 1.807) is 31.4 Å². The molecule has 6 heteroatoms. The maximum Gasteiger partial charge on any atom is 0.238 e. The maximum absolute atomic E-state index is 12.3. The summed E-state index contributed by atoms with van der Waals surface area (Å²) in [7, 11) is 1.55. The largest absolute Gasteiger partial charge is 0.508 e. The molecule has 2 aromatic carbocycles. The molecule has 0 unspecified atom stereocenters. The van der Waals surface area contributed by atoms with Crippen molar-refractivity contribution in [2.75, 3.05) is 7.11 Å². The first-order valence-electron chi connectivity index (χ1n) is 6.38. The van der Waals surface area contributed by atoms with E-state index in [-0.39, 0.29) is 28.2 Å². The van der Waals surface area contributed by atoms with E-state index in [4.69, 9.17) is 13.9 Å². The average Bonchev–Trinajstić information content (AvgIpc) is 2.50. The molecule has 0 aliphatic carbocycles. The van der Waals surface area contributed by atoms with Gasteiger partial charge >= 0.3 is 0 Å². The van der Waals surface area contributed by atoms with Crippen LogP contribution < -0.4 is 14.9 Å². The van der Waals surface area contributed by atoms with Crippen molar-refractivity contribution >= 4 is 11.0 Å². The number of phenolic OH excluding ortho intramolecular Hbond substituents is 2. The van der Waals surface area contributed by atoms with Crippen molar-refractivity contribution in [1.82, 2.24) is 0 Å². The Morgan fingerprint density at radius 2 is 1.73 bits per heavy atom. The van der Waals surface area contributed by atoms with Gasteiger partial charge in [0.2, 0.25) is 11.2 Å². The summed E-state index contributed by atoms with van der Waals surface area (Å²) in [4.78, 5) is 12.3. The fraction of sp³-hybridized carbons (Fsp3) is 0.0625. The first-order valence-corrected chi connectivity index (χ1v) is 6.38. The Kier molecular flexibility index (Phi) is 3.34. The summed E-state index contributed by atoms with van der Waals surface area (Å²) < 4.78 is 15.7. The lowest BCUT2D eigenvalue weighted by Crippen LogP contribution is -2.05. The Bertz CT molecular complexity index is 880. The van der Waals surface area contributed by atoms with Crippen LogP contribution in [0.2, 0.25) is 0 Å². The van der Waals surface area contributed by atoms with E-state index in [1.165, 1.54) is 6.07 Å². The quantitative estimate of drug-likeness (QED) is 0.773. The molecule has 3 rings (SSSR count). The summed E-state index contributed by atoms with van der Waals surface area (Å²) in [5.41, 5.74) is -0.459. The molecule has 0 radical (unpaired) electrons. The zero-order valence-electron chi connectivity index (χ0n) is 11.6. The molecule has 0 atom stereocenters. The van der Waals surface area contributed by atoms with Crippen LogP contribution in [-0.2, 0) is 0 Å². The highest BCUT2D eigenvalue weighted by Crippen LogP contribution is 2.30. The topological polar surface area (TPSA) is 89.1 Å². The van der Waals surface area contributed by atoms with Crippen molar-refractivity contribution in [3.8, 4) is 28.7 Å². The van der Waals surface area contributed by atoms with Crippen molar-refractivity contribution in [2.24, 2.45) is 0 Å². The maximum atomic E-state index is 12.3. The standard InChI is InChI=1S/C16H12O6/c1-20-10-2-4-11(5-3-10)22-14-8-21-13-7-9(17)6-12(18)15(13)16(14)19/h2-8,17-18H,1H3. The SMILES string of the molecule is COc1ccc(Oc2coc3cc(O)cc(O)c3c2=O)cc1. The van der Waals surface area contributed by atoms with Crippen LogP contribution in [0.15, 0.2) is 51.9 Å². The van der Waals surface area contributed by atoms with Crippen LogP contribution in [0.1, 0.15) is 0 Å². The lowest BCUT2D eigenvalue weighted by atomic mass is 10.2. The Hall–Kier alpha value is -3.15. The first kappa shape index (κ1) is 13.8. The highest BCUT2D eigenvalue weighted by molar-refractivity contribution is 5.85. The number of fused-ring (bicyclic) bond motifs is 1. The van der Waals surface area contributed by atoms with Gasteiger partial charge in [-0.3, -0.25) is 4.79 Å². The lowest BCUT2D eigenvalue weighted by Gasteiger charge is -2.07. The van der Waals surface area contributed by atoms with Crippen LogP contribution in [0.4, 0.5) is 0 Å². The second kappa shape index (κ2) is 5.33. The van der Waals surface area contributed by atoms with Crippen LogP contribution in [0.5, 0.6) is 28.7 Å². The highest BCUT2D eigenvalue weighted by Gasteiger charge is 2.14. The van der Waals surface area contributed by atoms with Crippen LogP contribution in [0, 0.1) is 0 Å². The van der Waals surface area contributed by atoms with Gasteiger partial charge in [-0.2, -0.15) is 0 Å². The van der Waals surface area contributed by atoms with E-state index in [0.29, 0.717) is 11.5 Å². The molecule has 0 amide bonds. The monoisotopic (exact) mass is 300 g/mol. The van der Waals surface area contributed by atoms with Crippen molar-refractivity contribution < 1.29 is 24.1 Å². The van der Waals surface area contributed by atoms with E-state index in [9.17, 15) is 15.0 Å². The molecule has 0 spiro atoms. The van der Waals surface area contributed by atoms with Crippen molar-refractivity contribution in [3.63, 3.8) is 0 Å². The third-order valence-electron chi connectivity index (χ3n) is 3.10. The predicted molar refractivity (Wildman–Crippen MR) is 78.9 cm³/mol. The number of rotatable bonds is 3. The van der Waals surface area contributed by atoms with E-state index in [2.05, 4.69) is 0 Å². The molecule has 3 aromatic rings. The second-order valence-electron chi connectivity index (χ2n) is 4.54. The summed E-state index contributed by atoms with van der Waals surface area (Å²) in [5, 5.41) is 19.1. The van der Waals surface area contributed by atoms with Crippen LogP contribution in [0.25, 0.3) is 11.0 Å². The zero-order chi connectivity index (χ0) is 15.7. The summed E-state index contributed by atoms with van der Waals surface area (Å²) in [6.45, 7) is 0. The predicted octanol–water partition coefficient (Wildman–Crippen LogP) is 3.01. The number of aromatic hydroxyl groups is 2. The molecular formula is C16H12O6. The highest BCUT2D eigenvalue weighted by atomic mass is 16.5. The third kappa shape index (κ3) is 2.42. The molecule has 0 bridgehead atoms. The second-order valence-corrected chi connectivity index (χ2v) is 4.54. The van der Waals surface area contributed by atoms with Crippen LogP contribution >= 0.6 is 0 Å². The van der Waals surface area contributed by atoms with Gasteiger partial charge in [0, 0.05) is 12.1 Å². The molecule has 112 valence electrons. The molecule has 1 aromatic heterocycles. The molecule has 0 fully saturated rings. The minimum Gasteiger partial charge on any atom is -0.508 e. The Morgan fingerprint density at radius 1 is 1.05 bits per heavy atom. The molecule has 2 N–H and O–H groups in total. The smallest absolute Gasteiger partial charge is 0.238 e. The minimum atomic E-state index is -0.533.